The average molecular weight is 284 g/mol. The summed E-state index contributed by atoms with van der Waals surface area (Å²) in [5.41, 5.74) is 7.53. The molecule has 108 valence electrons. The number of hydrogen-bond acceptors (Lipinski definition) is 3. The predicted octanol–water partition coefficient (Wildman–Crippen LogP) is 3.17. The van der Waals surface area contributed by atoms with Crippen LogP contribution in [0.5, 0.6) is 5.75 Å². The Morgan fingerprint density at radius 3 is 2.67 bits per heavy atom. The quantitative estimate of drug-likeness (QED) is 0.917. The molecule has 0 aromatic heterocycles. The number of hydrogen-bond donors (Lipinski definition) is 1. The van der Waals surface area contributed by atoms with Gasteiger partial charge < -0.3 is 10.5 Å². The molecule has 2 N–H and O–H groups in total. The van der Waals surface area contributed by atoms with Crippen molar-refractivity contribution >= 4 is 0 Å². The van der Waals surface area contributed by atoms with Crippen LogP contribution >= 0.6 is 0 Å². The van der Waals surface area contributed by atoms with E-state index in [4.69, 9.17) is 15.7 Å². The first-order chi connectivity index (χ1) is 10.1. The molecule has 0 spiro atoms. The first-order valence-electron chi connectivity index (χ1n) is 6.75. The summed E-state index contributed by atoms with van der Waals surface area (Å²) in [5, 5.41) is 8.72. The summed E-state index contributed by atoms with van der Waals surface area (Å²) in [5.74, 6) is 0.275. The van der Waals surface area contributed by atoms with Crippen LogP contribution in [0.25, 0.3) is 0 Å². The Morgan fingerprint density at radius 1 is 1.24 bits per heavy atom. The van der Waals surface area contributed by atoms with Gasteiger partial charge in [0.1, 0.15) is 18.2 Å². The molecular formula is C17H17FN2O. The Bertz CT molecular complexity index is 662. The molecule has 1 atom stereocenters. The highest BCUT2D eigenvalue weighted by molar-refractivity contribution is 5.35. The minimum Gasteiger partial charge on any atom is -0.489 e. The fourth-order valence-corrected chi connectivity index (χ4v) is 2.05. The highest BCUT2D eigenvalue weighted by Gasteiger charge is 2.08. The summed E-state index contributed by atoms with van der Waals surface area (Å²) in [6, 6.07) is 13.9. The van der Waals surface area contributed by atoms with Crippen LogP contribution in [-0.2, 0) is 13.0 Å². The second-order valence-corrected chi connectivity index (χ2v) is 5.00. The topological polar surface area (TPSA) is 59.0 Å². The molecule has 3 nitrogen and oxygen atoms in total. The van der Waals surface area contributed by atoms with Crippen molar-refractivity contribution in [3.63, 3.8) is 0 Å². The summed E-state index contributed by atoms with van der Waals surface area (Å²) in [6.07, 6.45) is 0.700. The number of rotatable bonds is 5. The van der Waals surface area contributed by atoms with E-state index >= 15 is 0 Å². The second kappa shape index (κ2) is 6.87. The summed E-state index contributed by atoms with van der Waals surface area (Å²) in [4.78, 5) is 0. The van der Waals surface area contributed by atoms with Gasteiger partial charge >= 0.3 is 0 Å². The Balaban J connectivity index is 2.12. The van der Waals surface area contributed by atoms with Crippen molar-refractivity contribution in [2.24, 2.45) is 5.73 Å². The lowest BCUT2D eigenvalue weighted by atomic mass is 10.1. The van der Waals surface area contributed by atoms with E-state index in [9.17, 15) is 4.39 Å². The first kappa shape index (κ1) is 15.0. The Kier molecular flexibility index (Phi) is 4.91. The molecule has 21 heavy (non-hydrogen) atoms. The molecule has 1 unspecified atom stereocenters. The lowest BCUT2D eigenvalue weighted by Gasteiger charge is -2.13. The van der Waals surface area contributed by atoms with E-state index in [0.29, 0.717) is 23.3 Å². The van der Waals surface area contributed by atoms with Crippen LogP contribution in [0.15, 0.2) is 42.5 Å². The lowest BCUT2D eigenvalue weighted by Crippen LogP contribution is -2.18. The largest absolute Gasteiger partial charge is 0.489 e. The molecule has 0 radical (unpaired) electrons. The van der Waals surface area contributed by atoms with Crippen LogP contribution in [0.2, 0.25) is 0 Å². The highest BCUT2D eigenvalue weighted by atomic mass is 19.1. The summed E-state index contributed by atoms with van der Waals surface area (Å²) in [6.45, 7) is 2.05. The number of ether oxygens (including phenoxy) is 1. The van der Waals surface area contributed by atoms with Crippen molar-refractivity contribution in [1.82, 2.24) is 0 Å². The summed E-state index contributed by atoms with van der Waals surface area (Å²) >= 11 is 0. The smallest absolute Gasteiger partial charge is 0.131 e. The van der Waals surface area contributed by atoms with Gasteiger partial charge in [0, 0.05) is 11.6 Å². The van der Waals surface area contributed by atoms with E-state index in [-0.39, 0.29) is 12.6 Å². The second-order valence-electron chi connectivity index (χ2n) is 5.00. The number of halogens is 1. The van der Waals surface area contributed by atoms with Crippen molar-refractivity contribution in [2.45, 2.75) is 26.0 Å². The highest BCUT2D eigenvalue weighted by Crippen LogP contribution is 2.21. The van der Waals surface area contributed by atoms with Gasteiger partial charge in [-0.3, -0.25) is 0 Å². The van der Waals surface area contributed by atoms with E-state index < -0.39 is 5.82 Å². The van der Waals surface area contributed by atoms with Crippen molar-refractivity contribution < 1.29 is 9.13 Å². The van der Waals surface area contributed by atoms with Crippen LogP contribution in [0.3, 0.4) is 0 Å². The molecule has 2 aromatic carbocycles. The molecule has 0 heterocycles. The molecular weight excluding hydrogens is 267 g/mol. The van der Waals surface area contributed by atoms with E-state index in [0.717, 1.165) is 5.56 Å². The molecule has 0 amide bonds. The van der Waals surface area contributed by atoms with Gasteiger partial charge in [-0.05, 0) is 37.1 Å². The average Bonchev–Trinajstić information content (AvgIpc) is 2.46. The maximum atomic E-state index is 13.8. The van der Waals surface area contributed by atoms with Crippen molar-refractivity contribution in [2.75, 3.05) is 0 Å². The van der Waals surface area contributed by atoms with Crippen LogP contribution < -0.4 is 10.5 Å². The molecule has 0 fully saturated rings. The van der Waals surface area contributed by atoms with E-state index in [2.05, 4.69) is 0 Å². The van der Waals surface area contributed by atoms with Crippen molar-refractivity contribution in [1.29, 1.82) is 5.26 Å². The Hall–Kier alpha value is -2.38. The zero-order valence-electron chi connectivity index (χ0n) is 11.8. The predicted molar refractivity (Wildman–Crippen MR) is 79.2 cm³/mol. The van der Waals surface area contributed by atoms with Gasteiger partial charge in [-0.2, -0.15) is 5.26 Å². The van der Waals surface area contributed by atoms with Crippen LogP contribution in [0.4, 0.5) is 4.39 Å². The standard InChI is InChI=1S/C17H17FN2O/c1-12(20)8-14-4-2-3-5-17(14)21-11-15-7-6-13(10-19)9-16(15)18/h2-7,9,12H,8,11,20H2,1H3. The van der Waals surface area contributed by atoms with Crippen LogP contribution in [-0.4, -0.2) is 6.04 Å². The van der Waals surface area contributed by atoms with E-state index in [1.54, 1.807) is 12.1 Å². The maximum absolute atomic E-state index is 13.8. The van der Waals surface area contributed by atoms with Gasteiger partial charge in [0.25, 0.3) is 0 Å². The van der Waals surface area contributed by atoms with Gasteiger partial charge in [-0.15, -0.1) is 0 Å². The van der Waals surface area contributed by atoms with Gasteiger partial charge in [-0.25, -0.2) is 4.39 Å². The van der Waals surface area contributed by atoms with Crippen LogP contribution in [0, 0.1) is 17.1 Å². The monoisotopic (exact) mass is 284 g/mol. The minimum absolute atomic E-state index is 0.0291. The number of nitrogens with zero attached hydrogens (tertiary/aromatic N) is 1. The van der Waals surface area contributed by atoms with Gasteiger partial charge in [0.2, 0.25) is 0 Å². The molecule has 0 bridgehead atoms. The number of nitriles is 1. The number of para-hydroxylation sites is 1. The first-order valence-corrected chi connectivity index (χ1v) is 6.75. The van der Waals surface area contributed by atoms with E-state index in [1.807, 2.05) is 37.3 Å². The SMILES string of the molecule is CC(N)Cc1ccccc1OCc1ccc(C#N)cc1F. The van der Waals surface area contributed by atoms with E-state index in [1.165, 1.54) is 6.07 Å². The van der Waals surface area contributed by atoms with Gasteiger partial charge in [-0.1, -0.05) is 24.3 Å². The maximum Gasteiger partial charge on any atom is 0.131 e. The van der Waals surface area contributed by atoms with Crippen molar-refractivity contribution in [3.8, 4) is 11.8 Å². The molecule has 0 saturated heterocycles. The molecule has 2 aromatic rings. The number of benzene rings is 2. The molecule has 0 aliphatic carbocycles. The molecule has 0 aliphatic heterocycles. The third-order valence-corrected chi connectivity index (χ3v) is 3.08. The third kappa shape index (κ3) is 4.04. The molecule has 0 aliphatic rings. The fourth-order valence-electron chi connectivity index (χ4n) is 2.05. The van der Waals surface area contributed by atoms with Crippen LogP contribution in [0.1, 0.15) is 23.6 Å². The van der Waals surface area contributed by atoms with Crippen molar-refractivity contribution in [3.05, 3.63) is 65.0 Å². The third-order valence-electron chi connectivity index (χ3n) is 3.08. The van der Waals surface area contributed by atoms with Gasteiger partial charge in [0.15, 0.2) is 0 Å². The number of nitrogens with two attached hydrogens (primary N) is 1. The molecule has 2 rings (SSSR count). The zero-order chi connectivity index (χ0) is 15.2. The fraction of sp³-hybridized carbons (Fsp3) is 0.235. The molecule has 4 heteroatoms. The molecule has 0 saturated carbocycles. The zero-order valence-corrected chi connectivity index (χ0v) is 11.8. The normalized spacial score (nSPS) is 11.7. The lowest BCUT2D eigenvalue weighted by molar-refractivity contribution is 0.296. The summed E-state index contributed by atoms with van der Waals surface area (Å²) in [7, 11) is 0. The summed E-state index contributed by atoms with van der Waals surface area (Å²) < 4.78 is 19.5. The Morgan fingerprint density at radius 2 is 2.00 bits per heavy atom. The van der Waals surface area contributed by atoms with Gasteiger partial charge in [0.05, 0.1) is 11.6 Å². The minimum atomic E-state index is -0.432. The Labute approximate surface area is 123 Å².